The van der Waals surface area contributed by atoms with Gasteiger partial charge in [-0.15, -0.1) is 0 Å². The molecular formula is C19H26N2O5. The van der Waals surface area contributed by atoms with Crippen LogP contribution in [0.25, 0.3) is 0 Å². The molecule has 2 N–H and O–H groups in total. The Hall–Kier alpha value is -2.22. The minimum atomic E-state index is -0.554. The fourth-order valence-electron chi connectivity index (χ4n) is 2.58. The van der Waals surface area contributed by atoms with Crippen molar-refractivity contribution in [1.82, 2.24) is 9.55 Å². The van der Waals surface area contributed by atoms with E-state index in [0.29, 0.717) is 18.6 Å². The largest absolute Gasteiger partial charge is 0.394 e. The molecule has 0 aliphatic rings. The summed E-state index contributed by atoms with van der Waals surface area (Å²) in [6.45, 7) is 6.21. The predicted octanol–water partition coefficient (Wildman–Crippen LogP) is 1.62. The number of aliphatic hydroxyl groups is 1. The van der Waals surface area contributed by atoms with Crippen LogP contribution in [0.3, 0.4) is 0 Å². The molecule has 2 aromatic rings. The number of ether oxygens (including phenoxy) is 2. The van der Waals surface area contributed by atoms with Crippen molar-refractivity contribution in [2.45, 2.75) is 53.2 Å². The van der Waals surface area contributed by atoms with Crippen LogP contribution in [-0.2, 0) is 29.4 Å². The molecule has 0 unspecified atom stereocenters. The molecule has 0 aliphatic carbocycles. The molecule has 0 spiro atoms. The zero-order valence-corrected chi connectivity index (χ0v) is 15.4. The van der Waals surface area contributed by atoms with Gasteiger partial charge >= 0.3 is 5.69 Å². The Morgan fingerprint density at radius 1 is 1.19 bits per heavy atom. The molecule has 0 amide bonds. The van der Waals surface area contributed by atoms with E-state index in [0.717, 1.165) is 16.7 Å². The predicted molar refractivity (Wildman–Crippen MR) is 98.0 cm³/mol. The van der Waals surface area contributed by atoms with Crippen LogP contribution >= 0.6 is 0 Å². The Bertz CT molecular complexity index is 816. The molecule has 1 atom stereocenters. The van der Waals surface area contributed by atoms with Crippen molar-refractivity contribution >= 4 is 0 Å². The monoisotopic (exact) mass is 362 g/mol. The number of aryl methyl sites for hydroxylation is 2. The first-order chi connectivity index (χ1) is 12.5. The molecule has 7 nitrogen and oxygen atoms in total. The average Bonchev–Trinajstić information content (AvgIpc) is 2.61. The second-order valence-corrected chi connectivity index (χ2v) is 6.26. The Morgan fingerprint density at radius 2 is 1.88 bits per heavy atom. The van der Waals surface area contributed by atoms with Crippen molar-refractivity contribution in [3.05, 3.63) is 67.5 Å². The fraction of sp³-hybridized carbons (Fsp3) is 0.474. The van der Waals surface area contributed by atoms with Gasteiger partial charge in [-0.05, 0) is 37.0 Å². The number of H-pyrrole nitrogens is 1. The highest BCUT2D eigenvalue weighted by molar-refractivity contribution is 5.32. The number of aromatic nitrogens is 2. The lowest BCUT2D eigenvalue weighted by molar-refractivity contribution is -0.0271. The fourth-order valence-corrected chi connectivity index (χ4v) is 2.58. The van der Waals surface area contributed by atoms with E-state index in [4.69, 9.17) is 14.6 Å². The van der Waals surface area contributed by atoms with Crippen LogP contribution in [0.4, 0.5) is 0 Å². The Labute approximate surface area is 152 Å². The SMILES string of the molecule is CC[C@@H](CO)OCn1cc(COCc2c(C)cccc2C)c(=O)[nH]c1=O. The molecule has 26 heavy (non-hydrogen) atoms. The van der Waals surface area contributed by atoms with E-state index in [1.54, 1.807) is 0 Å². The molecule has 0 bridgehead atoms. The number of aliphatic hydroxyl groups excluding tert-OH is 1. The van der Waals surface area contributed by atoms with Gasteiger partial charge in [0.15, 0.2) is 0 Å². The first-order valence-electron chi connectivity index (χ1n) is 8.64. The van der Waals surface area contributed by atoms with Gasteiger partial charge in [-0.1, -0.05) is 25.1 Å². The zero-order valence-electron chi connectivity index (χ0n) is 15.4. The molecule has 142 valence electrons. The zero-order chi connectivity index (χ0) is 19.1. The van der Waals surface area contributed by atoms with Gasteiger partial charge < -0.3 is 14.6 Å². The molecule has 1 aromatic heterocycles. The summed E-state index contributed by atoms with van der Waals surface area (Å²) < 4.78 is 12.4. The molecule has 0 saturated carbocycles. The third-order valence-corrected chi connectivity index (χ3v) is 4.34. The van der Waals surface area contributed by atoms with E-state index in [2.05, 4.69) is 4.98 Å². The smallest absolute Gasteiger partial charge is 0.330 e. The number of nitrogens with zero attached hydrogens (tertiary/aromatic N) is 1. The first-order valence-corrected chi connectivity index (χ1v) is 8.64. The summed E-state index contributed by atoms with van der Waals surface area (Å²) in [5.41, 5.74) is 2.67. The van der Waals surface area contributed by atoms with Gasteiger partial charge in [0.1, 0.15) is 6.73 Å². The summed E-state index contributed by atoms with van der Waals surface area (Å²) in [5.74, 6) is 0. The van der Waals surface area contributed by atoms with Gasteiger partial charge in [0, 0.05) is 6.20 Å². The molecule has 7 heteroatoms. The van der Waals surface area contributed by atoms with Gasteiger partial charge in [-0.25, -0.2) is 4.79 Å². The second-order valence-electron chi connectivity index (χ2n) is 6.26. The van der Waals surface area contributed by atoms with Crippen LogP contribution in [0.15, 0.2) is 34.0 Å². The highest BCUT2D eigenvalue weighted by Crippen LogP contribution is 2.14. The lowest BCUT2D eigenvalue weighted by atomic mass is 10.0. The van der Waals surface area contributed by atoms with E-state index in [9.17, 15) is 9.59 Å². The first kappa shape index (κ1) is 20.1. The maximum atomic E-state index is 12.0. The molecule has 1 aromatic carbocycles. The summed E-state index contributed by atoms with van der Waals surface area (Å²) in [6, 6.07) is 6.02. The summed E-state index contributed by atoms with van der Waals surface area (Å²) >= 11 is 0. The van der Waals surface area contributed by atoms with Crippen molar-refractivity contribution in [3.63, 3.8) is 0 Å². The van der Waals surface area contributed by atoms with E-state index in [1.807, 2.05) is 39.0 Å². The van der Waals surface area contributed by atoms with E-state index < -0.39 is 11.2 Å². The van der Waals surface area contributed by atoms with Crippen LogP contribution in [0.5, 0.6) is 0 Å². The summed E-state index contributed by atoms with van der Waals surface area (Å²) in [5, 5.41) is 9.15. The van der Waals surface area contributed by atoms with Crippen LogP contribution in [-0.4, -0.2) is 27.4 Å². The van der Waals surface area contributed by atoms with Gasteiger partial charge in [-0.2, -0.15) is 0 Å². The number of rotatable bonds is 9. The van der Waals surface area contributed by atoms with Crippen LogP contribution < -0.4 is 11.2 Å². The number of nitrogens with one attached hydrogen (secondary N) is 1. The lowest BCUT2D eigenvalue weighted by Crippen LogP contribution is -2.33. The third kappa shape index (κ3) is 5.14. The molecule has 0 aliphatic heterocycles. The summed E-state index contributed by atoms with van der Waals surface area (Å²) in [4.78, 5) is 26.1. The van der Waals surface area contributed by atoms with Crippen LogP contribution in [0.1, 0.15) is 35.6 Å². The normalized spacial score (nSPS) is 12.3. The Morgan fingerprint density at radius 3 is 2.50 bits per heavy atom. The topological polar surface area (TPSA) is 93.6 Å². The molecule has 0 saturated heterocycles. The molecule has 2 rings (SSSR count). The van der Waals surface area contributed by atoms with Crippen molar-refractivity contribution in [3.8, 4) is 0 Å². The molecule has 0 radical (unpaired) electrons. The quantitative estimate of drug-likeness (QED) is 0.707. The highest BCUT2D eigenvalue weighted by atomic mass is 16.5. The van der Waals surface area contributed by atoms with Crippen molar-refractivity contribution in [2.75, 3.05) is 6.61 Å². The van der Waals surface area contributed by atoms with Gasteiger partial charge in [-0.3, -0.25) is 14.3 Å². The van der Waals surface area contributed by atoms with E-state index >= 15 is 0 Å². The summed E-state index contributed by atoms with van der Waals surface area (Å²) in [7, 11) is 0. The maximum absolute atomic E-state index is 12.0. The third-order valence-electron chi connectivity index (χ3n) is 4.34. The summed E-state index contributed by atoms with van der Waals surface area (Å²) in [6.07, 6.45) is 1.72. The minimum Gasteiger partial charge on any atom is -0.394 e. The van der Waals surface area contributed by atoms with E-state index in [-0.39, 0.29) is 26.0 Å². The minimum absolute atomic E-state index is 0.0431. The van der Waals surface area contributed by atoms with Crippen LogP contribution in [0.2, 0.25) is 0 Å². The van der Waals surface area contributed by atoms with Crippen molar-refractivity contribution in [1.29, 1.82) is 0 Å². The molecule has 1 heterocycles. The number of hydrogen-bond donors (Lipinski definition) is 2. The number of aromatic amines is 1. The molecule has 0 fully saturated rings. The van der Waals surface area contributed by atoms with Crippen molar-refractivity contribution in [2.24, 2.45) is 0 Å². The van der Waals surface area contributed by atoms with E-state index in [1.165, 1.54) is 10.8 Å². The van der Waals surface area contributed by atoms with Crippen molar-refractivity contribution < 1.29 is 14.6 Å². The highest BCUT2D eigenvalue weighted by Gasteiger charge is 2.09. The average molecular weight is 362 g/mol. The number of benzene rings is 1. The Kier molecular flexibility index (Phi) is 7.32. The maximum Gasteiger partial charge on any atom is 0.330 e. The lowest BCUT2D eigenvalue weighted by Gasteiger charge is -2.15. The standard InChI is InChI=1S/C19H26N2O5/c1-4-16(9-22)26-12-21-8-15(18(23)20-19(21)24)10-25-11-17-13(2)6-5-7-14(17)3/h5-8,16,22H,4,9-12H2,1-3H3,(H,20,23,24)/t16-/m0/s1. The van der Waals surface area contributed by atoms with Gasteiger partial charge in [0.2, 0.25) is 0 Å². The van der Waals surface area contributed by atoms with Crippen LogP contribution in [0, 0.1) is 13.8 Å². The Balaban J connectivity index is 2.06. The van der Waals surface area contributed by atoms with Gasteiger partial charge in [0.25, 0.3) is 5.56 Å². The molecular weight excluding hydrogens is 336 g/mol. The number of hydrogen-bond acceptors (Lipinski definition) is 5. The second kappa shape index (κ2) is 9.47. The van der Waals surface area contributed by atoms with Gasteiger partial charge in [0.05, 0.1) is 31.5 Å².